The van der Waals surface area contributed by atoms with E-state index in [2.05, 4.69) is 9.97 Å². The number of nitrogens with two attached hydrogens (primary N) is 1. The molecule has 0 spiro atoms. The van der Waals surface area contributed by atoms with Crippen LogP contribution in [-0.2, 0) is 11.2 Å². The first-order valence-corrected chi connectivity index (χ1v) is 9.82. The monoisotopic (exact) mass is 412 g/mol. The first kappa shape index (κ1) is 18.5. The Hall–Kier alpha value is -2.90. The normalized spacial score (nSPS) is 12.2. The van der Waals surface area contributed by atoms with Crippen molar-refractivity contribution >= 4 is 34.5 Å². The summed E-state index contributed by atoms with van der Waals surface area (Å²) < 4.78 is 8.12. The Labute approximate surface area is 170 Å². The fourth-order valence-electron chi connectivity index (χ4n) is 3.00. The molecule has 3 aromatic heterocycles. The summed E-state index contributed by atoms with van der Waals surface area (Å²) in [4.78, 5) is 21.7. The maximum absolute atomic E-state index is 11.6. The molecule has 0 fully saturated rings. The fraction of sp³-hybridized carbons (Fsp3) is 0.150. The van der Waals surface area contributed by atoms with Gasteiger partial charge in [0, 0.05) is 29.0 Å². The van der Waals surface area contributed by atoms with E-state index in [1.165, 1.54) is 11.3 Å². The van der Waals surface area contributed by atoms with E-state index in [0.717, 1.165) is 26.7 Å². The van der Waals surface area contributed by atoms with Gasteiger partial charge >= 0.3 is 0 Å². The summed E-state index contributed by atoms with van der Waals surface area (Å²) in [5.41, 5.74) is 7.96. The smallest absolute Gasteiger partial charge is 0.222 e. The molecule has 1 atom stereocenters. The summed E-state index contributed by atoms with van der Waals surface area (Å²) in [6.45, 7) is 1.92. The van der Waals surface area contributed by atoms with Crippen molar-refractivity contribution in [3.05, 3.63) is 70.6 Å². The van der Waals surface area contributed by atoms with Crippen LogP contribution in [0.4, 0.5) is 0 Å². The van der Waals surface area contributed by atoms with Crippen molar-refractivity contribution < 1.29 is 9.53 Å². The molecule has 0 radical (unpaired) electrons. The molecule has 4 rings (SSSR count). The van der Waals surface area contributed by atoms with Gasteiger partial charge in [-0.2, -0.15) is 0 Å². The Balaban J connectivity index is 1.72. The number of ether oxygens (including phenoxy) is 1. The predicted molar refractivity (Wildman–Crippen MR) is 110 cm³/mol. The van der Waals surface area contributed by atoms with Gasteiger partial charge in [-0.25, -0.2) is 4.98 Å². The minimum Gasteiger partial charge on any atom is -0.485 e. The van der Waals surface area contributed by atoms with Gasteiger partial charge in [-0.15, -0.1) is 11.3 Å². The van der Waals surface area contributed by atoms with Gasteiger partial charge in [0.2, 0.25) is 5.91 Å². The van der Waals surface area contributed by atoms with Crippen LogP contribution in [0, 0.1) is 0 Å². The van der Waals surface area contributed by atoms with E-state index in [1.54, 1.807) is 18.6 Å². The lowest BCUT2D eigenvalue weighted by Gasteiger charge is -2.16. The second kappa shape index (κ2) is 7.61. The number of thiophene rings is 1. The zero-order valence-electron chi connectivity index (χ0n) is 15.0. The van der Waals surface area contributed by atoms with E-state index in [0.29, 0.717) is 10.8 Å². The first-order valence-electron chi connectivity index (χ1n) is 8.62. The molecule has 0 aliphatic carbocycles. The zero-order valence-corrected chi connectivity index (χ0v) is 16.6. The summed E-state index contributed by atoms with van der Waals surface area (Å²) in [7, 11) is 0. The second-order valence-corrected chi connectivity index (χ2v) is 7.81. The quantitative estimate of drug-likeness (QED) is 0.512. The van der Waals surface area contributed by atoms with Crippen LogP contribution < -0.4 is 10.5 Å². The number of carbonyl (C=O) groups is 1. The molecule has 28 heavy (non-hydrogen) atoms. The molecular formula is C20H17ClN4O2S. The minimum atomic E-state index is -0.411. The lowest BCUT2D eigenvalue weighted by atomic mass is 10.1. The van der Waals surface area contributed by atoms with Crippen LogP contribution in [0.3, 0.4) is 0 Å². The SMILES string of the molecule is CC(Oc1cc(-c2cnc3cnccn23)sc1CC(N)=O)c1ccccc1Cl. The molecule has 0 bridgehead atoms. The van der Waals surface area contributed by atoms with Crippen molar-refractivity contribution in [3.63, 3.8) is 0 Å². The van der Waals surface area contributed by atoms with Crippen molar-refractivity contribution in [2.45, 2.75) is 19.4 Å². The van der Waals surface area contributed by atoms with Crippen LogP contribution in [0.15, 0.2) is 55.1 Å². The van der Waals surface area contributed by atoms with Gasteiger partial charge in [0.1, 0.15) is 11.9 Å². The molecule has 3 heterocycles. The maximum atomic E-state index is 11.6. The molecule has 4 aromatic rings. The number of benzene rings is 1. The minimum absolute atomic E-state index is 0.105. The lowest BCUT2D eigenvalue weighted by molar-refractivity contribution is -0.117. The average molecular weight is 413 g/mol. The molecule has 1 aromatic carbocycles. The summed E-state index contributed by atoms with van der Waals surface area (Å²) in [6, 6.07) is 9.45. The predicted octanol–water partition coefficient (Wildman–Crippen LogP) is 4.28. The lowest BCUT2D eigenvalue weighted by Crippen LogP contribution is -2.13. The van der Waals surface area contributed by atoms with Crippen LogP contribution >= 0.6 is 22.9 Å². The molecule has 1 amide bonds. The maximum Gasteiger partial charge on any atom is 0.222 e. The number of hydrogen-bond acceptors (Lipinski definition) is 5. The van der Waals surface area contributed by atoms with Gasteiger partial charge in [0.25, 0.3) is 0 Å². The standard InChI is InChI=1S/C20H17ClN4O2S/c1-12(13-4-2-3-5-14(13)21)27-16-8-17(28-18(16)9-19(22)26)15-10-24-20-11-23-6-7-25(15)20/h2-8,10-12H,9H2,1H3,(H2,22,26). The Bertz CT molecular complexity index is 1150. The van der Waals surface area contributed by atoms with E-state index in [-0.39, 0.29) is 12.5 Å². The number of carbonyl (C=O) groups excluding carboxylic acids is 1. The first-order chi connectivity index (χ1) is 13.5. The molecular weight excluding hydrogens is 396 g/mol. The highest BCUT2D eigenvalue weighted by molar-refractivity contribution is 7.15. The molecule has 142 valence electrons. The largest absolute Gasteiger partial charge is 0.485 e. The number of fused-ring (bicyclic) bond motifs is 1. The van der Waals surface area contributed by atoms with E-state index in [9.17, 15) is 4.79 Å². The summed E-state index contributed by atoms with van der Waals surface area (Å²) in [6.07, 6.45) is 6.84. The van der Waals surface area contributed by atoms with Crippen LogP contribution in [0.25, 0.3) is 16.2 Å². The molecule has 0 saturated carbocycles. The molecule has 8 heteroatoms. The zero-order chi connectivity index (χ0) is 19.7. The van der Waals surface area contributed by atoms with E-state index >= 15 is 0 Å². The molecule has 0 aliphatic rings. The number of amides is 1. The number of halogens is 1. The Morgan fingerprint density at radius 2 is 2.18 bits per heavy atom. The number of primary amides is 1. The van der Waals surface area contributed by atoms with Gasteiger partial charge in [-0.1, -0.05) is 29.8 Å². The molecule has 1 unspecified atom stereocenters. The molecule has 0 aliphatic heterocycles. The molecule has 2 N–H and O–H groups in total. The molecule has 6 nitrogen and oxygen atoms in total. The van der Waals surface area contributed by atoms with Crippen LogP contribution in [0.2, 0.25) is 5.02 Å². The van der Waals surface area contributed by atoms with Crippen LogP contribution in [0.1, 0.15) is 23.5 Å². The van der Waals surface area contributed by atoms with Gasteiger partial charge in [0.15, 0.2) is 5.65 Å². The Morgan fingerprint density at radius 1 is 1.36 bits per heavy atom. The van der Waals surface area contributed by atoms with E-state index < -0.39 is 5.91 Å². The Kier molecular flexibility index (Phi) is 5.02. The van der Waals surface area contributed by atoms with Crippen molar-refractivity contribution in [2.24, 2.45) is 5.73 Å². The highest BCUT2D eigenvalue weighted by Gasteiger charge is 2.19. The Morgan fingerprint density at radius 3 is 2.96 bits per heavy atom. The van der Waals surface area contributed by atoms with Crippen LogP contribution in [-0.4, -0.2) is 20.3 Å². The van der Waals surface area contributed by atoms with Gasteiger partial charge in [-0.3, -0.25) is 14.2 Å². The van der Waals surface area contributed by atoms with E-state index in [1.807, 2.05) is 47.9 Å². The van der Waals surface area contributed by atoms with Crippen molar-refractivity contribution in [1.29, 1.82) is 0 Å². The summed E-state index contributed by atoms with van der Waals surface area (Å²) in [5.74, 6) is 0.209. The molecule has 0 saturated heterocycles. The highest BCUT2D eigenvalue weighted by atomic mass is 35.5. The van der Waals surface area contributed by atoms with Gasteiger partial charge < -0.3 is 10.5 Å². The average Bonchev–Trinajstić information content (AvgIpc) is 3.25. The third kappa shape index (κ3) is 3.58. The van der Waals surface area contributed by atoms with Crippen molar-refractivity contribution in [1.82, 2.24) is 14.4 Å². The number of hydrogen-bond donors (Lipinski definition) is 1. The van der Waals surface area contributed by atoms with Gasteiger partial charge in [0.05, 0.1) is 34.3 Å². The van der Waals surface area contributed by atoms with Crippen molar-refractivity contribution in [3.8, 4) is 16.3 Å². The van der Waals surface area contributed by atoms with Gasteiger partial charge in [-0.05, 0) is 13.0 Å². The topological polar surface area (TPSA) is 82.5 Å². The van der Waals surface area contributed by atoms with E-state index in [4.69, 9.17) is 22.1 Å². The third-order valence-corrected chi connectivity index (χ3v) is 5.80. The number of rotatable bonds is 6. The third-order valence-electron chi connectivity index (χ3n) is 4.32. The fourth-order valence-corrected chi connectivity index (χ4v) is 4.40. The summed E-state index contributed by atoms with van der Waals surface area (Å²) >= 11 is 7.75. The van der Waals surface area contributed by atoms with Crippen molar-refractivity contribution in [2.75, 3.05) is 0 Å². The number of nitrogens with zero attached hydrogens (tertiary/aromatic N) is 3. The van der Waals surface area contributed by atoms with Crippen LogP contribution in [0.5, 0.6) is 5.75 Å². The number of aromatic nitrogens is 3. The summed E-state index contributed by atoms with van der Waals surface area (Å²) in [5, 5.41) is 0.635. The highest BCUT2D eigenvalue weighted by Crippen LogP contribution is 2.39. The second-order valence-electron chi connectivity index (χ2n) is 6.27. The number of imidazole rings is 1.